The lowest BCUT2D eigenvalue weighted by Crippen LogP contribution is -2.29. The molecule has 0 bridgehead atoms. The van der Waals surface area contributed by atoms with Crippen LogP contribution in [0.1, 0.15) is 24.0 Å². The van der Waals surface area contributed by atoms with E-state index in [1.807, 2.05) is 0 Å². The number of nitrogens with zero attached hydrogens (tertiary/aromatic N) is 1. The molecule has 4 heteroatoms. The second kappa shape index (κ2) is 3.53. The molecule has 0 aromatic heterocycles. The first kappa shape index (κ1) is 10.5. The summed E-state index contributed by atoms with van der Waals surface area (Å²) < 4.78 is 5.21. The minimum Gasteiger partial charge on any atom is -0.496 e. The van der Waals surface area contributed by atoms with Crippen LogP contribution >= 0.6 is 0 Å². The van der Waals surface area contributed by atoms with E-state index in [1.54, 1.807) is 18.2 Å². The quantitative estimate of drug-likeness (QED) is 0.821. The second-order valence-corrected chi connectivity index (χ2v) is 3.94. The lowest BCUT2D eigenvalue weighted by molar-refractivity contribution is -0.120. The van der Waals surface area contributed by atoms with Gasteiger partial charge in [0.1, 0.15) is 5.75 Å². The Morgan fingerprint density at radius 3 is 2.69 bits per heavy atom. The molecule has 2 rings (SSSR count). The summed E-state index contributed by atoms with van der Waals surface area (Å²) in [6.07, 6.45) is 1.38. The Labute approximate surface area is 93.6 Å². The number of nitriles is 1. The van der Waals surface area contributed by atoms with E-state index in [1.165, 1.54) is 7.11 Å². The average molecular weight is 216 g/mol. The van der Waals surface area contributed by atoms with Crippen molar-refractivity contribution in [3.8, 4) is 11.8 Å². The van der Waals surface area contributed by atoms with E-state index in [0.29, 0.717) is 29.7 Å². The number of benzene rings is 1. The highest BCUT2D eigenvalue weighted by Gasteiger charge is 2.53. The van der Waals surface area contributed by atoms with E-state index in [4.69, 9.17) is 15.7 Å². The van der Waals surface area contributed by atoms with Crippen molar-refractivity contribution in [2.45, 2.75) is 18.3 Å². The fourth-order valence-corrected chi connectivity index (χ4v) is 2.03. The van der Waals surface area contributed by atoms with Crippen LogP contribution in [0.4, 0.5) is 0 Å². The molecule has 1 aromatic carbocycles. The Kier molecular flexibility index (Phi) is 2.31. The lowest BCUT2D eigenvalue weighted by atomic mass is 9.90. The maximum absolute atomic E-state index is 11.5. The lowest BCUT2D eigenvalue weighted by Gasteiger charge is -2.16. The molecule has 0 unspecified atom stereocenters. The van der Waals surface area contributed by atoms with E-state index in [0.717, 1.165) is 0 Å². The van der Waals surface area contributed by atoms with E-state index < -0.39 is 5.41 Å². The second-order valence-electron chi connectivity index (χ2n) is 3.94. The number of hydrogen-bond donors (Lipinski definition) is 1. The third-order valence-corrected chi connectivity index (χ3v) is 3.07. The standard InChI is InChI=1S/C12H12N2O2/c1-16-9-4-2-3-8(7-13)10(9)12(5-6-12)11(14)15/h2-4H,5-6H2,1H3,(H2,14,15). The number of carbonyl (C=O) groups is 1. The normalized spacial score (nSPS) is 16.2. The smallest absolute Gasteiger partial charge is 0.228 e. The van der Waals surface area contributed by atoms with Crippen molar-refractivity contribution in [2.75, 3.05) is 7.11 Å². The highest BCUT2D eigenvalue weighted by Crippen LogP contribution is 2.52. The molecule has 2 N–H and O–H groups in total. The minimum atomic E-state index is -0.683. The highest BCUT2D eigenvalue weighted by atomic mass is 16.5. The highest BCUT2D eigenvalue weighted by molar-refractivity contribution is 5.91. The van der Waals surface area contributed by atoms with Crippen molar-refractivity contribution in [1.82, 2.24) is 0 Å². The molecule has 1 saturated carbocycles. The number of ether oxygens (including phenoxy) is 1. The van der Waals surface area contributed by atoms with Crippen LogP contribution in [0.5, 0.6) is 5.75 Å². The number of hydrogen-bond acceptors (Lipinski definition) is 3. The van der Waals surface area contributed by atoms with Gasteiger partial charge in [0.05, 0.1) is 24.2 Å². The van der Waals surface area contributed by atoms with E-state index in [2.05, 4.69) is 6.07 Å². The van der Waals surface area contributed by atoms with Gasteiger partial charge in [0, 0.05) is 5.56 Å². The van der Waals surface area contributed by atoms with Gasteiger partial charge >= 0.3 is 0 Å². The third kappa shape index (κ3) is 1.33. The van der Waals surface area contributed by atoms with Crippen molar-refractivity contribution >= 4 is 5.91 Å². The fourth-order valence-electron chi connectivity index (χ4n) is 2.03. The fraction of sp³-hybridized carbons (Fsp3) is 0.333. The number of primary amides is 1. The zero-order valence-electron chi connectivity index (χ0n) is 8.99. The van der Waals surface area contributed by atoms with Gasteiger partial charge < -0.3 is 10.5 Å². The molecule has 0 atom stereocenters. The van der Waals surface area contributed by atoms with Crippen molar-refractivity contribution in [3.63, 3.8) is 0 Å². The van der Waals surface area contributed by atoms with Crippen molar-refractivity contribution in [3.05, 3.63) is 29.3 Å². The van der Waals surface area contributed by atoms with Gasteiger partial charge in [0.25, 0.3) is 0 Å². The molecular formula is C12H12N2O2. The summed E-state index contributed by atoms with van der Waals surface area (Å²) in [5.41, 5.74) is 5.84. The van der Waals surface area contributed by atoms with Gasteiger partial charge in [0.15, 0.2) is 0 Å². The molecule has 0 spiro atoms. The van der Waals surface area contributed by atoms with Gasteiger partial charge in [-0.25, -0.2) is 0 Å². The van der Waals surface area contributed by atoms with Gasteiger partial charge in [-0.1, -0.05) is 6.07 Å². The molecule has 1 amide bonds. The minimum absolute atomic E-state index is 0.381. The first-order valence-electron chi connectivity index (χ1n) is 5.03. The average Bonchev–Trinajstić information content (AvgIpc) is 3.09. The SMILES string of the molecule is COc1cccc(C#N)c1C1(C(N)=O)CC1. The van der Waals surface area contributed by atoms with Crippen LogP contribution in [0.2, 0.25) is 0 Å². The third-order valence-electron chi connectivity index (χ3n) is 3.07. The van der Waals surface area contributed by atoms with E-state index in [-0.39, 0.29) is 5.91 Å². The zero-order valence-corrected chi connectivity index (χ0v) is 8.99. The Morgan fingerprint density at radius 1 is 1.56 bits per heavy atom. The summed E-state index contributed by atoms with van der Waals surface area (Å²) in [5, 5.41) is 9.05. The summed E-state index contributed by atoms with van der Waals surface area (Å²) >= 11 is 0. The molecule has 0 saturated heterocycles. The molecule has 1 fully saturated rings. The van der Waals surface area contributed by atoms with Gasteiger partial charge in [-0.15, -0.1) is 0 Å². The number of rotatable bonds is 3. The topological polar surface area (TPSA) is 76.1 Å². The van der Waals surface area contributed by atoms with Gasteiger partial charge in [-0.3, -0.25) is 4.79 Å². The van der Waals surface area contributed by atoms with E-state index in [9.17, 15) is 4.79 Å². The largest absolute Gasteiger partial charge is 0.496 e. The molecule has 1 aromatic rings. The van der Waals surface area contributed by atoms with Crippen LogP contribution in [0, 0.1) is 11.3 Å². The van der Waals surface area contributed by atoms with E-state index >= 15 is 0 Å². The summed E-state index contributed by atoms with van der Waals surface area (Å²) in [5.74, 6) is 0.184. The molecule has 4 nitrogen and oxygen atoms in total. The molecular weight excluding hydrogens is 204 g/mol. The van der Waals surface area contributed by atoms with Crippen LogP contribution in [0.3, 0.4) is 0 Å². The van der Waals surface area contributed by atoms with Crippen LogP contribution in [-0.4, -0.2) is 13.0 Å². The van der Waals surface area contributed by atoms with Gasteiger partial charge in [-0.05, 0) is 25.0 Å². The van der Waals surface area contributed by atoms with Crippen LogP contribution in [0.25, 0.3) is 0 Å². The zero-order chi connectivity index (χ0) is 11.8. The van der Waals surface area contributed by atoms with Crippen LogP contribution in [0.15, 0.2) is 18.2 Å². The Hall–Kier alpha value is -2.02. The summed E-state index contributed by atoms with van der Waals surface area (Å²) in [6, 6.07) is 7.25. The van der Waals surface area contributed by atoms with Crippen LogP contribution < -0.4 is 10.5 Å². The Morgan fingerprint density at radius 2 is 2.25 bits per heavy atom. The predicted molar refractivity (Wildman–Crippen MR) is 57.8 cm³/mol. The first-order valence-corrected chi connectivity index (χ1v) is 5.03. The summed E-state index contributed by atoms with van der Waals surface area (Å²) in [4.78, 5) is 11.5. The van der Waals surface area contributed by atoms with Crippen molar-refractivity contribution in [2.24, 2.45) is 5.73 Å². The molecule has 1 aliphatic carbocycles. The molecule has 16 heavy (non-hydrogen) atoms. The molecule has 1 aliphatic rings. The molecule has 82 valence electrons. The molecule has 0 heterocycles. The summed E-state index contributed by atoms with van der Waals surface area (Å²) in [7, 11) is 1.52. The summed E-state index contributed by atoms with van der Waals surface area (Å²) in [6.45, 7) is 0. The maximum atomic E-state index is 11.5. The monoisotopic (exact) mass is 216 g/mol. The van der Waals surface area contributed by atoms with Crippen molar-refractivity contribution < 1.29 is 9.53 Å². The van der Waals surface area contributed by atoms with Crippen LogP contribution in [-0.2, 0) is 10.2 Å². The number of amides is 1. The Bertz CT molecular complexity index is 484. The van der Waals surface area contributed by atoms with Crippen molar-refractivity contribution in [1.29, 1.82) is 5.26 Å². The molecule has 0 aliphatic heterocycles. The molecule has 0 radical (unpaired) electrons. The number of methoxy groups -OCH3 is 1. The Balaban J connectivity index is 2.63. The van der Waals surface area contributed by atoms with Gasteiger partial charge in [0.2, 0.25) is 5.91 Å². The maximum Gasteiger partial charge on any atom is 0.228 e. The van der Waals surface area contributed by atoms with Gasteiger partial charge in [-0.2, -0.15) is 5.26 Å². The predicted octanol–water partition coefficient (Wildman–Crippen LogP) is 1.08. The number of nitrogens with two attached hydrogens (primary N) is 1. The number of carbonyl (C=O) groups excluding carboxylic acids is 1. The first-order chi connectivity index (χ1) is 7.65.